The summed E-state index contributed by atoms with van der Waals surface area (Å²) in [6, 6.07) is 2.48. The minimum absolute atomic E-state index is 0.121. The van der Waals surface area contributed by atoms with E-state index in [1.807, 2.05) is 0 Å². The van der Waals surface area contributed by atoms with Gasteiger partial charge in [-0.1, -0.05) is 6.07 Å². The molecular formula is C13H15F4NO2. The van der Waals surface area contributed by atoms with Gasteiger partial charge in [0, 0.05) is 6.54 Å². The quantitative estimate of drug-likeness (QED) is 0.841. The summed E-state index contributed by atoms with van der Waals surface area (Å²) in [5.74, 6) is -1.37. The molecule has 0 saturated carbocycles. The highest BCUT2D eigenvalue weighted by Crippen LogP contribution is 2.31. The molecule has 0 bridgehead atoms. The normalized spacial score (nSPS) is 12.2. The molecule has 0 radical (unpaired) electrons. The van der Waals surface area contributed by atoms with E-state index in [0.717, 1.165) is 12.1 Å². The first-order valence-electron chi connectivity index (χ1n) is 5.81. The van der Waals surface area contributed by atoms with Crippen LogP contribution in [0.5, 0.6) is 0 Å². The van der Waals surface area contributed by atoms with Crippen molar-refractivity contribution in [1.82, 2.24) is 5.32 Å². The Balaban J connectivity index is 2.67. The fraction of sp³-hybridized carbons (Fsp3) is 0.462. The molecule has 1 rings (SSSR count). The Bertz CT molecular complexity index is 492. The van der Waals surface area contributed by atoms with Crippen molar-refractivity contribution in [3.8, 4) is 0 Å². The van der Waals surface area contributed by atoms with Crippen LogP contribution in [0, 0.1) is 5.82 Å². The number of alkyl carbamates (subject to hydrolysis) is 1. The number of ether oxygens (including phenoxy) is 1. The van der Waals surface area contributed by atoms with Gasteiger partial charge >= 0.3 is 12.3 Å². The third-order valence-corrected chi connectivity index (χ3v) is 2.17. The smallest absolute Gasteiger partial charge is 0.419 e. The van der Waals surface area contributed by atoms with Crippen LogP contribution in [0.4, 0.5) is 22.4 Å². The molecule has 20 heavy (non-hydrogen) atoms. The van der Waals surface area contributed by atoms with Crippen LogP contribution in [-0.4, -0.2) is 11.7 Å². The van der Waals surface area contributed by atoms with E-state index in [4.69, 9.17) is 4.74 Å². The largest absolute Gasteiger partial charge is 0.444 e. The highest BCUT2D eigenvalue weighted by atomic mass is 19.4. The Morgan fingerprint density at radius 3 is 2.30 bits per heavy atom. The number of rotatable bonds is 2. The molecule has 1 N–H and O–H groups in total. The average molecular weight is 293 g/mol. The molecule has 1 aromatic carbocycles. The molecule has 0 unspecified atom stereocenters. The minimum atomic E-state index is -4.73. The number of alkyl halides is 3. The monoisotopic (exact) mass is 293 g/mol. The van der Waals surface area contributed by atoms with E-state index >= 15 is 0 Å². The number of carbonyl (C=O) groups excluding carboxylic acids is 1. The summed E-state index contributed by atoms with van der Waals surface area (Å²) in [6.07, 6.45) is -5.46. The first kappa shape index (κ1) is 16.3. The lowest BCUT2D eigenvalue weighted by Gasteiger charge is -2.19. The molecule has 0 spiro atoms. The fourth-order valence-electron chi connectivity index (χ4n) is 1.39. The molecule has 0 aliphatic rings. The molecule has 0 saturated heterocycles. The zero-order valence-electron chi connectivity index (χ0n) is 11.3. The molecule has 112 valence electrons. The van der Waals surface area contributed by atoms with Gasteiger partial charge < -0.3 is 10.1 Å². The lowest BCUT2D eigenvalue weighted by Crippen LogP contribution is -2.32. The number of halogens is 4. The average Bonchev–Trinajstić information content (AvgIpc) is 2.22. The Labute approximate surface area is 113 Å². The molecule has 3 nitrogen and oxygen atoms in total. The first-order chi connectivity index (χ1) is 8.99. The van der Waals surface area contributed by atoms with E-state index in [2.05, 4.69) is 5.32 Å². The van der Waals surface area contributed by atoms with Crippen molar-refractivity contribution in [2.24, 2.45) is 0 Å². The van der Waals surface area contributed by atoms with Crippen LogP contribution in [0.3, 0.4) is 0 Å². The van der Waals surface area contributed by atoms with Gasteiger partial charge in [0.15, 0.2) is 0 Å². The van der Waals surface area contributed by atoms with Crippen LogP contribution in [0.25, 0.3) is 0 Å². The summed E-state index contributed by atoms with van der Waals surface area (Å²) in [5.41, 5.74) is -1.81. The molecule has 0 aliphatic carbocycles. The minimum Gasteiger partial charge on any atom is -0.444 e. The Morgan fingerprint density at radius 2 is 1.85 bits per heavy atom. The summed E-state index contributed by atoms with van der Waals surface area (Å²) < 4.78 is 55.3. The van der Waals surface area contributed by atoms with Crippen LogP contribution < -0.4 is 5.32 Å². The van der Waals surface area contributed by atoms with Crippen LogP contribution in [0.2, 0.25) is 0 Å². The van der Waals surface area contributed by atoms with E-state index in [9.17, 15) is 22.4 Å². The topological polar surface area (TPSA) is 38.3 Å². The molecule has 0 aromatic heterocycles. The van der Waals surface area contributed by atoms with E-state index < -0.39 is 29.3 Å². The standard InChI is InChI=1S/C13H15F4NO2/c1-12(2,3)20-11(19)18-7-8-4-5-9(10(14)6-8)13(15,16)17/h4-6H,7H2,1-3H3,(H,18,19). The van der Waals surface area contributed by atoms with E-state index in [1.54, 1.807) is 20.8 Å². The first-order valence-corrected chi connectivity index (χ1v) is 5.81. The predicted octanol–water partition coefficient (Wildman–Crippen LogP) is 3.87. The van der Waals surface area contributed by atoms with Gasteiger partial charge in [0.1, 0.15) is 11.4 Å². The second-order valence-corrected chi connectivity index (χ2v) is 5.17. The number of carbonyl (C=O) groups is 1. The zero-order chi connectivity index (χ0) is 15.6. The highest BCUT2D eigenvalue weighted by Gasteiger charge is 2.33. The van der Waals surface area contributed by atoms with Gasteiger partial charge in [-0.3, -0.25) is 0 Å². The van der Waals surface area contributed by atoms with Crippen molar-refractivity contribution in [3.63, 3.8) is 0 Å². The Morgan fingerprint density at radius 1 is 1.25 bits per heavy atom. The van der Waals surface area contributed by atoms with Gasteiger partial charge in [-0.05, 0) is 38.5 Å². The summed E-state index contributed by atoms with van der Waals surface area (Å²) in [6.45, 7) is 4.89. The summed E-state index contributed by atoms with van der Waals surface area (Å²) >= 11 is 0. The highest BCUT2D eigenvalue weighted by molar-refractivity contribution is 5.67. The predicted molar refractivity (Wildman–Crippen MR) is 64.5 cm³/mol. The van der Waals surface area contributed by atoms with E-state index in [0.29, 0.717) is 6.07 Å². The molecule has 1 aromatic rings. The van der Waals surface area contributed by atoms with Gasteiger partial charge in [-0.2, -0.15) is 13.2 Å². The lowest BCUT2D eigenvalue weighted by molar-refractivity contribution is -0.140. The van der Waals surface area contributed by atoms with Gasteiger partial charge in [0.25, 0.3) is 0 Å². The third-order valence-electron chi connectivity index (χ3n) is 2.17. The number of hydrogen-bond acceptors (Lipinski definition) is 2. The number of nitrogens with one attached hydrogen (secondary N) is 1. The second kappa shape index (κ2) is 5.68. The Kier molecular flexibility index (Phi) is 4.62. The van der Waals surface area contributed by atoms with Gasteiger partial charge in [0.05, 0.1) is 5.56 Å². The molecule has 0 atom stereocenters. The van der Waals surface area contributed by atoms with Gasteiger partial charge in [-0.25, -0.2) is 9.18 Å². The van der Waals surface area contributed by atoms with Crippen molar-refractivity contribution in [3.05, 3.63) is 35.1 Å². The van der Waals surface area contributed by atoms with E-state index in [1.165, 1.54) is 0 Å². The molecule has 0 fully saturated rings. The lowest BCUT2D eigenvalue weighted by atomic mass is 10.1. The van der Waals surface area contributed by atoms with Crippen LogP contribution in [0.1, 0.15) is 31.9 Å². The van der Waals surface area contributed by atoms with Crippen molar-refractivity contribution in [1.29, 1.82) is 0 Å². The molecule has 7 heteroatoms. The van der Waals surface area contributed by atoms with Crippen LogP contribution in [-0.2, 0) is 17.5 Å². The molecule has 0 aliphatic heterocycles. The van der Waals surface area contributed by atoms with E-state index in [-0.39, 0.29) is 12.1 Å². The van der Waals surface area contributed by atoms with Gasteiger partial charge in [0.2, 0.25) is 0 Å². The Hall–Kier alpha value is -1.79. The number of hydrogen-bond donors (Lipinski definition) is 1. The maximum absolute atomic E-state index is 13.3. The van der Waals surface area contributed by atoms with Crippen molar-refractivity contribution in [2.45, 2.75) is 39.1 Å². The SMILES string of the molecule is CC(C)(C)OC(=O)NCc1ccc(C(F)(F)F)c(F)c1. The maximum Gasteiger partial charge on any atom is 0.419 e. The summed E-state index contributed by atoms with van der Waals surface area (Å²) in [7, 11) is 0. The maximum atomic E-state index is 13.3. The van der Waals surface area contributed by atoms with Crippen LogP contribution in [0.15, 0.2) is 18.2 Å². The van der Waals surface area contributed by atoms with Gasteiger partial charge in [-0.15, -0.1) is 0 Å². The molecular weight excluding hydrogens is 278 g/mol. The van der Waals surface area contributed by atoms with Crippen molar-refractivity contribution >= 4 is 6.09 Å². The summed E-state index contributed by atoms with van der Waals surface area (Å²) in [5, 5.41) is 2.33. The molecule has 0 heterocycles. The third kappa shape index (κ3) is 5.07. The van der Waals surface area contributed by atoms with Crippen molar-refractivity contribution in [2.75, 3.05) is 0 Å². The van der Waals surface area contributed by atoms with Crippen LogP contribution >= 0.6 is 0 Å². The second-order valence-electron chi connectivity index (χ2n) is 5.17. The fourth-order valence-corrected chi connectivity index (χ4v) is 1.39. The van der Waals surface area contributed by atoms with Crippen molar-refractivity contribution < 1.29 is 27.1 Å². The summed E-state index contributed by atoms with van der Waals surface area (Å²) in [4.78, 5) is 11.3. The number of amides is 1. The number of benzene rings is 1. The molecule has 1 amide bonds. The zero-order valence-corrected chi connectivity index (χ0v) is 11.3.